The van der Waals surface area contributed by atoms with E-state index in [9.17, 15) is 13.2 Å². The predicted molar refractivity (Wildman–Crippen MR) is 43.5 cm³/mol. The fraction of sp³-hybridized carbons (Fsp3) is 0.556. The summed E-state index contributed by atoms with van der Waals surface area (Å²) in [6.45, 7) is 0. The first-order valence-electron chi connectivity index (χ1n) is 4.37. The van der Waals surface area contributed by atoms with Gasteiger partial charge in [-0.15, -0.1) is 0 Å². The van der Waals surface area contributed by atoms with Crippen LogP contribution in [0.1, 0.15) is 23.8 Å². The van der Waals surface area contributed by atoms with E-state index in [1.807, 2.05) is 0 Å². The largest absolute Gasteiger partial charge is 0.469 e. The van der Waals surface area contributed by atoms with Crippen LogP contribution in [0.4, 0.5) is 13.2 Å². The van der Waals surface area contributed by atoms with Gasteiger partial charge >= 0.3 is 6.18 Å². The van der Waals surface area contributed by atoms with Crippen LogP contribution in [0.25, 0.3) is 0 Å². The molecule has 0 aromatic carbocycles. The first-order chi connectivity index (χ1) is 6.48. The smallest absolute Gasteiger partial charge is 0.392 e. The zero-order chi connectivity index (χ0) is 10.3. The van der Waals surface area contributed by atoms with Gasteiger partial charge in [-0.05, 0) is 12.5 Å². The van der Waals surface area contributed by atoms with Gasteiger partial charge in [0.05, 0.1) is 12.2 Å². The average Bonchev–Trinajstić information content (AvgIpc) is 2.50. The minimum absolute atomic E-state index is 0.0456. The Balaban J connectivity index is 2.26. The number of hydrogen-bond donors (Lipinski definition) is 1. The van der Waals surface area contributed by atoms with Crippen molar-refractivity contribution in [1.29, 1.82) is 0 Å². The van der Waals surface area contributed by atoms with Crippen LogP contribution in [0.3, 0.4) is 0 Å². The van der Waals surface area contributed by atoms with Crippen LogP contribution in [-0.4, -0.2) is 6.18 Å². The zero-order valence-corrected chi connectivity index (χ0v) is 7.34. The molecule has 78 valence electrons. The van der Waals surface area contributed by atoms with Crippen molar-refractivity contribution in [3.05, 3.63) is 23.7 Å². The third-order valence-electron chi connectivity index (χ3n) is 2.61. The van der Waals surface area contributed by atoms with Crippen molar-refractivity contribution >= 4 is 0 Å². The first kappa shape index (κ1) is 9.58. The molecule has 0 saturated carbocycles. The van der Waals surface area contributed by atoms with Gasteiger partial charge in [-0.1, -0.05) is 0 Å². The van der Waals surface area contributed by atoms with Crippen LogP contribution in [-0.2, 0) is 6.42 Å². The number of alkyl halides is 3. The summed E-state index contributed by atoms with van der Waals surface area (Å²) in [6.07, 6.45) is -2.92. The Kier molecular flexibility index (Phi) is 2.06. The van der Waals surface area contributed by atoms with Crippen molar-refractivity contribution in [2.24, 2.45) is 11.7 Å². The minimum atomic E-state index is -4.18. The van der Waals surface area contributed by atoms with E-state index in [4.69, 9.17) is 10.2 Å². The lowest BCUT2D eigenvalue weighted by molar-refractivity contribution is -0.179. The quantitative estimate of drug-likeness (QED) is 0.706. The van der Waals surface area contributed by atoms with E-state index in [1.54, 1.807) is 6.07 Å². The summed E-state index contributed by atoms with van der Waals surface area (Å²) >= 11 is 0. The molecule has 0 fully saturated rings. The highest BCUT2D eigenvalue weighted by atomic mass is 19.4. The van der Waals surface area contributed by atoms with E-state index in [-0.39, 0.29) is 12.8 Å². The van der Waals surface area contributed by atoms with E-state index in [2.05, 4.69) is 0 Å². The molecule has 0 saturated heterocycles. The molecule has 1 heterocycles. The molecule has 0 unspecified atom stereocenters. The van der Waals surface area contributed by atoms with Crippen molar-refractivity contribution in [3.63, 3.8) is 0 Å². The Morgan fingerprint density at radius 2 is 2.14 bits per heavy atom. The van der Waals surface area contributed by atoms with Crippen molar-refractivity contribution < 1.29 is 17.6 Å². The molecular formula is C9H10F3NO. The Bertz CT molecular complexity index is 331. The molecule has 0 aliphatic heterocycles. The Morgan fingerprint density at radius 3 is 2.79 bits per heavy atom. The molecule has 0 spiro atoms. The van der Waals surface area contributed by atoms with E-state index in [1.165, 1.54) is 6.26 Å². The van der Waals surface area contributed by atoms with Crippen molar-refractivity contribution in [1.82, 2.24) is 0 Å². The molecule has 2 N–H and O–H groups in total. The lowest BCUT2D eigenvalue weighted by Crippen LogP contribution is -2.32. The topological polar surface area (TPSA) is 39.2 Å². The number of hydrogen-bond acceptors (Lipinski definition) is 2. The number of halogens is 3. The molecule has 2 atom stereocenters. The molecule has 0 bridgehead atoms. The van der Waals surface area contributed by atoms with Crippen LogP contribution >= 0.6 is 0 Å². The summed E-state index contributed by atoms with van der Waals surface area (Å²) in [5, 5.41) is 0. The lowest BCUT2D eigenvalue weighted by atomic mass is 9.85. The summed E-state index contributed by atoms with van der Waals surface area (Å²) in [7, 11) is 0. The standard InChI is InChI=1S/C9H10F3NO/c10-9(11,12)5-3-7(13)6-1-2-14-8(6)4-5/h1-2,5,7H,3-4,13H2/t5-,7-/m1/s1. The summed E-state index contributed by atoms with van der Waals surface area (Å²) in [5.74, 6) is -0.984. The van der Waals surface area contributed by atoms with Gasteiger partial charge in [0.25, 0.3) is 0 Å². The molecular weight excluding hydrogens is 195 g/mol. The Hall–Kier alpha value is -0.970. The lowest BCUT2D eigenvalue weighted by Gasteiger charge is -2.27. The third kappa shape index (κ3) is 1.52. The summed E-state index contributed by atoms with van der Waals surface area (Å²) < 4.78 is 42.2. The van der Waals surface area contributed by atoms with Crippen LogP contribution in [0.2, 0.25) is 0 Å². The molecule has 0 radical (unpaired) electrons. The molecule has 5 heteroatoms. The SMILES string of the molecule is N[C@@H]1C[C@@H](C(F)(F)F)Cc2occc21. The zero-order valence-electron chi connectivity index (χ0n) is 7.34. The van der Waals surface area contributed by atoms with Crippen molar-refractivity contribution in [2.75, 3.05) is 0 Å². The summed E-state index contributed by atoms with van der Waals surface area (Å²) in [4.78, 5) is 0. The molecule has 1 aromatic heterocycles. The van der Waals surface area contributed by atoms with Crippen LogP contribution in [0, 0.1) is 5.92 Å². The van der Waals surface area contributed by atoms with Gasteiger partial charge < -0.3 is 10.2 Å². The number of rotatable bonds is 0. The fourth-order valence-electron chi connectivity index (χ4n) is 1.84. The highest BCUT2D eigenvalue weighted by molar-refractivity contribution is 5.24. The van der Waals surface area contributed by atoms with Gasteiger partial charge in [-0.25, -0.2) is 0 Å². The third-order valence-corrected chi connectivity index (χ3v) is 2.61. The van der Waals surface area contributed by atoms with Gasteiger partial charge in [0.2, 0.25) is 0 Å². The molecule has 1 aromatic rings. The van der Waals surface area contributed by atoms with E-state index in [0.717, 1.165) is 0 Å². The maximum absolute atomic E-state index is 12.4. The van der Waals surface area contributed by atoms with Crippen LogP contribution in [0.5, 0.6) is 0 Å². The average molecular weight is 205 g/mol. The molecule has 14 heavy (non-hydrogen) atoms. The maximum Gasteiger partial charge on any atom is 0.392 e. The molecule has 2 nitrogen and oxygen atoms in total. The molecule has 2 rings (SSSR count). The van der Waals surface area contributed by atoms with Crippen molar-refractivity contribution in [3.8, 4) is 0 Å². The predicted octanol–water partition coefficient (Wildman–Crippen LogP) is 2.40. The highest BCUT2D eigenvalue weighted by Crippen LogP contribution is 2.40. The second-order valence-electron chi connectivity index (χ2n) is 3.58. The second kappa shape index (κ2) is 3.02. The number of furan rings is 1. The normalized spacial score (nSPS) is 27.4. The monoisotopic (exact) mass is 205 g/mol. The van der Waals surface area contributed by atoms with Crippen LogP contribution in [0.15, 0.2) is 16.7 Å². The van der Waals surface area contributed by atoms with Gasteiger partial charge in [0.1, 0.15) is 5.76 Å². The van der Waals surface area contributed by atoms with Crippen molar-refractivity contribution in [2.45, 2.75) is 25.1 Å². The van der Waals surface area contributed by atoms with Gasteiger partial charge in [0.15, 0.2) is 0 Å². The first-order valence-corrected chi connectivity index (χ1v) is 4.37. The molecule has 0 amide bonds. The van der Waals surface area contributed by atoms with E-state index < -0.39 is 18.1 Å². The summed E-state index contributed by atoms with van der Waals surface area (Å²) in [5.41, 5.74) is 6.33. The van der Waals surface area contributed by atoms with Gasteiger partial charge in [-0.3, -0.25) is 0 Å². The fourth-order valence-corrected chi connectivity index (χ4v) is 1.84. The Labute approximate surface area is 78.9 Å². The maximum atomic E-state index is 12.4. The van der Waals surface area contributed by atoms with E-state index >= 15 is 0 Å². The highest BCUT2D eigenvalue weighted by Gasteiger charge is 2.44. The molecule has 1 aliphatic rings. The Morgan fingerprint density at radius 1 is 1.43 bits per heavy atom. The van der Waals surface area contributed by atoms with Gasteiger partial charge in [0, 0.05) is 18.0 Å². The summed E-state index contributed by atoms with van der Waals surface area (Å²) in [6, 6.07) is 1.09. The number of fused-ring (bicyclic) bond motifs is 1. The van der Waals surface area contributed by atoms with Crippen LogP contribution < -0.4 is 5.73 Å². The van der Waals surface area contributed by atoms with E-state index in [0.29, 0.717) is 11.3 Å². The second-order valence-corrected chi connectivity index (χ2v) is 3.58. The molecule has 1 aliphatic carbocycles. The number of nitrogens with two attached hydrogens (primary N) is 1. The minimum Gasteiger partial charge on any atom is -0.469 e. The van der Waals surface area contributed by atoms with Gasteiger partial charge in [-0.2, -0.15) is 13.2 Å².